The number of hydrogen-bond donors (Lipinski definition) is 1. The van der Waals surface area contributed by atoms with E-state index >= 15 is 0 Å². The van der Waals surface area contributed by atoms with Crippen molar-refractivity contribution >= 4 is 38.4 Å². The zero-order chi connectivity index (χ0) is 23.3. The zero-order valence-corrected chi connectivity index (χ0v) is 17.8. The summed E-state index contributed by atoms with van der Waals surface area (Å²) in [6.45, 7) is 0.703. The van der Waals surface area contributed by atoms with E-state index in [9.17, 15) is 26.9 Å². The van der Waals surface area contributed by atoms with Gasteiger partial charge >= 0.3 is 6.18 Å². The molecule has 7 nitrogen and oxygen atoms in total. The van der Waals surface area contributed by atoms with Gasteiger partial charge in [0.2, 0.25) is 10.0 Å². The van der Waals surface area contributed by atoms with Gasteiger partial charge in [-0.3, -0.25) is 9.97 Å². The first-order chi connectivity index (χ1) is 15.0. The van der Waals surface area contributed by atoms with Gasteiger partial charge in [-0.25, -0.2) is 8.42 Å². The molecule has 0 saturated carbocycles. The summed E-state index contributed by atoms with van der Waals surface area (Å²) in [5, 5.41) is 10.1. The normalized spacial score (nSPS) is 14.7. The molecule has 0 radical (unpaired) electrons. The zero-order valence-electron chi connectivity index (χ0n) is 16.2. The van der Waals surface area contributed by atoms with Crippen LogP contribution in [0.3, 0.4) is 0 Å². The molecule has 0 spiro atoms. The number of rotatable bonds is 5. The van der Waals surface area contributed by atoms with Gasteiger partial charge in [-0.2, -0.15) is 23.2 Å². The average Bonchev–Trinajstić information content (AvgIpc) is 2.99. The lowest BCUT2D eigenvalue weighted by Gasteiger charge is -2.17. The van der Waals surface area contributed by atoms with Crippen LogP contribution in [0.25, 0.3) is 28.1 Å². The second-order valence-corrected chi connectivity index (χ2v) is 9.06. The summed E-state index contributed by atoms with van der Waals surface area (Å²) in [6.07, 6.45) is 3.00. The third kappa shape index (κ3) is 3.77. The van der Waals surface area contributed by atoms with Gasteiger partial charge in [-0.1, -0.05) is 17.7 Å². The van der Waals surface area contributed by atoms with Crippen molar-refractivity contribution < 1.29 is 21.6 Å². The summed E-state index contributed by atoms with van der Waals surface area (Å²) in [5.74, 6) is 0. The fraction of sp³-hybridized carbons (Fsp3) is 0.150. The van der Waals surface area contributed by atoms with E-state index < -0.39 is 27.1 Å². The number of fused-ring (bicyclic) bond motifs is 1. The van der Waals surface area contributed by atoms with Gasteiger partial charge in [0, 0.05) is 18.1 Å². The molecule has 0 unspecified atom stereocenters. The van der Waals surface area contributed by atoms with Crippen LogP contribution in [0.4, 0.5) is 13.2 Å². The van der Waals surface area contributed by atoms with Gasteiger partial charge in [0.05, 0.1) is 21.9 Å². The monoisotopic (exact) mass is 479 g/mol. The minimum Gasteiger partial charge on any atom is -0.305 e. The van der Waals surface area contributed by atoms with E-state index in [1.807, 2.05) is 0 Å². The van der Waals surface area contributed by atoms with Crippen LogP contribution in [-0.4, -0.2) is 35.2 Å². The number of hydrogen-bond acceptors (Lipinski definition) is 5. The molecular formula is C20H13ClF3N5O2S. The minimum atomic E-state index is -4.73. The highest BCUT2D eigenvalue weighted by Gasteiger charge is 2.39. The van der Waals surface area contributed by atoms with E-state index in [0.717, 1.165) is 18.0 Å². The molecule has 0 aromatic carbocycles. The first-order valence-corrected chi connectivity index (χ1v) is 10.9. The molecule has 0 fully saturated rings. The predicted octanol–water partition coefficient (Wildman–Crippen LogP) is 4.26. The first kappa shape index (κ1) is 22.0. The highest BCUT2D eigenvalue weighted by atomic mass is 35.5. The van der Waals surface area contributed by atoms with Crippen molar-refractivity contribution in [1.82, 2.24) is 19.3 Å². The lowest BCUT2D eigenvalue weighted by molar-refractivity contribution is -0.147. The SMILES string of the molecule is C[C@H](NS(=O)(=O)c1ccc(-c2c(C#N)c3ncc(Cl)cc3n2C2=CC=C2)nc1)C(F)(F)F. The maximum Gasteiger partial charge on any atom is 0.404 e. The second kappa shape index (κ2) is 7.74. The van der Waals surface area contributed by atoms with Crippen LogP contribution in [0.15, 0.2) is 53.7 Å². The van der Waals surface area contributed by atoms with Crippen LogP contribution >= 0.6 is 11.6 Å². The van der Waals surface area contributed by atoms with Gasteiger partial charge in [0.25, 0.3) is 0 Å². The minimum absolute atomic E-state index is 0.199. The summed E-state index contributed by atoms with van der Waals surface area (Å²) in [7, 11) is -4.46. The van der Waals surface area contributed by atoms with Crippen LogP contribution in [0.1, 0.15) is 12.5 Å². The van der Waals surface area contributed by atoms with Crippen molar-refractivity contribution in [2.24, 2.45) is 0 Å². The number of nitrogens with zero attached hydrogens (tertiary/aromatic N) is 4. The molecule has 1 aliphatic rings. The molecular weight excluding hydrogens is 467 g/mol. The summed E-state index contributed by atoms with van der Waals surface area (Å²) in [5.41, 5.74) is 2.46. The Morgan fingerprint density at radius 2 is 1.97 bits per heavy atom. The number of aromatic nitrogens is 3. The van der Waals surface area contributed by atoms with Crippen LogP contribution < -0.4 is 4.72 Å². The van der Waals surface area contributed by atoms with E-state index in [1.165, 1.54) is 12.3 Å². The molecule has 0 aliphatic heterocycles. The Bertz CT molecular complexity index is 1440. The number of nitrogens with one attached hydrogen (secondary N) is 1. The van der Waals surface area contributed by atoms with Crippen LogP contribution in [0.5, 0.6) is 0 Å². The molecule has 1 aliphatic carbocycles. The summed E-state index contributed by atoms with van der Waals surface area (Å²) in [4.78, 5) is 7.93. The Morgan fingerprint density at radius 1 is 1.25 bits per heavy atom. The molecule has 32 heavy (non-hydrogen) atoms. The molecule has 0 saturated heterocycles. The van der Waals surface area contributed by atoms with Gasteiger partial charge in [0.15, 0.2) is 0 Å². The molecule has 0 amide bonds. The van der Waals surface area contributed by atoms with E-state index in [2.05, 4.69) is 16.0 Å². The number of halogens is 4. The molecule has 3 aromatic rings. The summed E-state index contributed by atoms with van der Waals surface area (Å²) < 4.78 is 66.2. The van der Waals surface area contributed by atoms with Crippen molar-refractivity contribution in [2.75, 3.05) is 0 Å². The lowest BCUT2D eigenvalue weighted by atomic mass is 10.1. The molecule has 4 rings (SSSR count). The van der Waals surface area contributed by atoms with E-state index in [4.69, 9.17) is 11.6 Å². The van der Waals surface area contributed by atoms with Crippen molar-refractivity contribution in [3.63, 3.8) is 0 Å². The largest absolute Gasteiger partial charge is 0.404 e. The van der Waals surface area contributed by atoms with Gasteiger partial charge in [-0.05, 0) is 37.3 Å². The molecule has 0 bridgehead atoms. The topological polar surface area (TPSA) is 101 Å². The fourth-order valence-corrected chi connectivity index (χ4v) is 4.46. The Hall–Kier alpha value is -3.20. The second-order valence-electron chi connectivity index (χ2n) is 6.91. The Morgan fingerprint density at radius 3 is 2.50 bits per heavy atom. The smallest absolute Gasteiger partial charge is 0.305 e. The molecule has 164 valence electrons. The number of pyridine rings is 2. The molecule has 1 atom stereocenters. The van der Waals surface area contributed by atoms with E-state index in [0.29, 0.717) is 28.7 Å². The average molecular weight is 480 g/mol. The van der Waals surface area contributed by atoms with Crippen molar-refractivity contribution in [3.8, 4) is 17.5 Å². The standard InChI is InChI=1S/C20H13ClF3N5O2S/c1-11(20(22,23)24)28-32(30,31)14-5-6-16(26-10-14)19-15(8-25)18-17(7-12(21)9-27-18)29(19)13-3-2-4-13/h2-7,9-11,28H,1H3/t11-/m0/s1. The van der Waals surface area contributed by atoms with Crippen molar-refractivity contribution in [1.29, 1.82) is 5.26 Å². The maximum absolute atomic E-state index is 12.8. The third-order valence-corrected chi connectivity index (χ3v) is 6.52. The highest BCUT2D eigenvalue weighted by Crippen LogP contribution is 2.37. The van der Waals surface area contributed by atoms with E-state index in [-0.39, 0.29) is 11.3 Å². The number of nitriles is 1. The van der Waals surface area contributed by atoms with Gasteiger partial charge in [-0.15, -0.1) is 0 Å². The Balaban J connectivity index is 1.82. The predicted molar refractivity (Wildman–Crippen MR) is 112 cm³/mol. The molecule has 1 N–H and O–H groups in total. The van der Waals surface area contributed by atoms with Crippen LogP contribution in [0, 0.1) is 11.3 Å². The third-order valence-electron chi connectivity index (χ3n) is 4.79. The number of allylic oxidation sites excluding steroid dienone is 4. The Labute approximate surface area is 185 Å². The van der Waals surface area contributed by atoms with Crippen LogP contribution in [-0.2, 0) is 10.0 Å². The lowest BCUT2D eigenvalue weighted by Crippen LogP contribution is -2.42. The van der Waals surface area contributed by atoms with Crippen molar-refractivity contribution in [2.45, 2.75) is 24.0 Å². The molecule has 12 heteroatoms. The van der Waals surface area contributed by atoms with E-state index in [1.54, 1.807) is 33.6 Å². The number of alkyl halides is 3. The van der Waals surface area contributed by atoms with Gasteiger partial charge in [0.1, 0.15) is 28.1 Å². The van der Waals surface area contributed by atoms with Gasteiger partial charge < -0.3 is 4.57 Å². The molecule has 3 heterocycles. The summed E-state index contributed by atoms with van der Waals surface area (Å²) in [6, 6.07) is 3.91. The first-order valence-electron chi connectivity index (χ1n) is 9.07. The van der Waals surface area contributed by atoms with Crippen molar-refractivity contribution in [3.05, 3.63) is 59.4 Å². The number of sulfonamides is 1. The van der Waals surface area contributed by atoms with Crippen LogP contribution in [0.2, 0.25) is 5.02 Å². The molecule has 3 aromatic heterocycles. The summed E-state index contributed by atoms with van der Waals surface area (Å²) >= 11 is 6.09. The highest BCUT2D eigenvalue weighted by molar-refractivity contribution is 7.89. The fourth-order valence-electron chi connectivity index (χ4n) is 3.13. The maximum atomic E-state index is 12.8. The Kier molecular flexibility index (Phi) is 5.32. The quantitative estimate of drug-likeness (QED) is 0.589.